The van der Waals surface area contributed by atoms with E-state index in [1.165, 1.54) is 22.4 Å². The molecule has 0 N–H and O–H groups in total. The Balaban J connectivity index is 1.86. The normalized spacial score (nSPS) is 11.9. The van der Waals surface area contributed by atoms with E-state index in [4.69, 9.17) is 4.74 Å². The quantitative estimate of drug-likeness (QED) is 0.669. The second-order valence-electron chi connectivity index (χ2n) is 7.48. The van der Waals surface area contributed by atoms with Crippen molar-refractivity contribution in [3.8, 4) is 5.75 Å². The molecule has 3 rings (SSSR count). The summed E-state index contributed by atoms with van der Waals surface area (Å²) in [5.74, 6) is 0.825. The number of pyridine rings is 1. The largest absolute Gasteiger partial charge is 0.485 e. The van der Waals surface area contributed by atoms with Crippen molar-refractivity contribution in [2.45, 2.75) is 27.0 Å². The van der Waals surface area contributed by atoms with Gasteiger partial charge in [0.25, 0.3) is 0 Å². The Labute approximate surface area is 143 Å². The lowest BCUT2D eigenvalue weighted by Gasteiger charge is -2.23. The van der Waals surface area contributed by atoms with Gasteiger partial charge < -0.3 is 9.22 Å². The highest BCUT2D eigenvalue weighted by Crippen LogP contribution is 2.22. The Morgan fingerprint density at radius 1 is 1.12 bits per heavy atom. The molecule has 2 heterocycles. The molecule has 0 atom stereocenters. The summed E-state index contributed by atoms with van der Waals surface area (Å²) in [4.78, 5) is 4.58. The Morgan fingerprint density at radius 3 is 2.67 bits per heavy atom. The van der Waals surface area contributed by atoms with Crippen molar-refractivity contribution in [1.82, 2.24) is 9.38 Å². The van der Waals surface area contributed by atoms with Crippen molar-refractivity contribution >= 4 is 5.65 Å². The number of aryl methyl sites for hydroxylation is 2. The smallest absolute Gasteiger partial charge is 0.180 e. The zero-order valence-electron chi connectivity index (χ0n) is 15.2. The lowest BCUT2D eigenvalue weighted by Crippen LogP contribution is -2.33. The van der Waals surface area contributed by atoms with Gasteiger partial charge in [0.05, 0.1) is 33.0 Å². The van der Waals surface area contributed by atoms with Gasteiger partial charge in [-0.25, -0.2) is 4.98 Å². The molecule has 0 bridgehead atoms. The van der Waals surface area contributed by atoms with Gasteiger partial charge in [0.2, 0.25) is 0 Å². The predicted molar refractivity (Wildman–Crippen MR) is 97.2 cm³/mol. The van der Waals surface area contributed by atoms with E-state index < -0.39 is 0 Å². The molecule has 24 heavy (non-hydrogen) atoms. The highest BCUT2D eigenvalue weighted by Gasteiger charge is 2.15. The highest BCUT2D eigenvalue weighted by atomic mass is 16.5. The molecule has 126 valence electrons. The van der Waals surface area contributed by atoms with Gasteiger partial charge in [-0.1, -0.05) is 23.8 Å². The second kappa shape index (κ2) is 6.29. The molecule has 0 aliphatic heterocycles. The third kappa shape index (κ3) is 3.60. The first kappa shape index (κ1) is 16.5. The van der Waals surface area contributed by atoms with Crippen LogP contribution in [0.4, 0.5) is 0 Å². The minimum absolute atomic E-state index is 0.560. The number of nitrogens with zero attached hydrogens (tertiary/aromatic N) is 3. The van der Waals surface area contributed by atoms with Crippen LogP contribution in [0.1, 0.15) is 22.4 Å². The molecule has 0 aliphatic rings. The first-order valence-corrected chi connectivity index (χ1v) is 8.28. The monoisotopic (exact) mass is 324 g/mol. The average molecular weight is 324 g/mol. The predicted octanol–water partition coefficient (Wildman–Crippen LogP) is 3.74. The van der Waals surface area contributed by atoms with Crippen LogP contribution in [0.25, 0.3) is 5.65 Å². The maximum Gasteiger partial charge on any atom is 0.180 e. The summed E-state index contributed by atoms with van der Waals surface area (Å²) >= 11 is 0. The number of fused-ring (bicyclic) bond motifs is 1. The van der Waals surface area contributed by atoms with E-state index in [0.717, 1.165) is 22.4 Å². The summed E-state index contributed by atoms with van der Waals surface area (Å²) in [5, 5.41) is 0. The van der Waals surface area contributed by atoms with Crippen LogP contribution >= 0.6 is 0 Å². The van der Waals surface area contributed by atoms with Gasteiger partial charge in [0, 0.05) is 6.20 Å². The number of hydrogen-bond acceptors (Lipinski definition) is 2. The van der Waals surface area contributed by atoms with Crippen molar-refractivity contribution in [2.75, 3.05) is 21.1 Å². The van der Waals surface area contributed by atoms with Gasteiger partial charge in [-0.05, 0) is 37.1 Å². The van der Waals surface area contributed by atoms with Gasteiger partial charge in [0.1, 0.15) is 13.2 Å². The van der Waals surface area contributed by atoms with E-state index in [9.17, 15) is 0 Å². The molecule has 4 nitrogen and oxygen atoms in total. The van der Waals surface area contributed by atoms with Crippen molar-refractivity contribution in [3.05, 3.63) is 65.1 Å². The third-order valence-electron chi connectivity index (χ3n) is 4.10. The molecule has 0 radical (unpaired) electrons. The number of benzene rings is 1. The average Bonchev–Trinajstić information content (AvgIpc) is 2.90. The molecule has 0 amide bonds. The van der Waals surface area contributed by atoms with Crippen LogP contribution < -0.4 is 4.74 Å². The van der Waals surface area contributed by atoms with Crippen molar-refractivity contribution in [1.29, 1.82) is 0 Å². The topological polar surface area (TPSA) is 26.5 Å². The fourth-order valence-electron chi connectivity index (χ4n) is 2.86. The molecule has 4 heteroatoms. The van der Waals surface area contributed by atoms with Crippen LogP contribution in [0.5, 0.6) is 5.75 Å². The molecule has 3 aromatic rings. The number of ether oxygens (including phenoxy) is 1. The van der Waals surface area contributed by atoms with Crippen LogP contribution in [0, 0.1) is 13.8 Å². The van der Waals surface area contributed by atoms with Gasteiger partial charge in [-0.15, -0.1) is 0 Å². The van der Waals surface area contributed by atoms with Crippen molar-refractivity contribution in [2.24, 2.45) is 0 Å². The SMILES string of the molecule is Cc1ccc(C)c(COc2cccn3c(C[N+](C)(C)C)cnc23)c1. The summed E-state index contributed by atoms with van der Waals surface area (Å²) in [5.41, 5.74) is 5.79. The molecular weight excluding hydrogens is 298 g/mol. The van der Waals surface area contributed by atoms with Crippen LogP contribution in [0.2, 0.25) is 0 Å². The fourth-order valence-corrected chi connectivity index (χ4v) is 2.86. The Morgan fingerprint density at radius 2 is 1.92 bits per heavy atom. The van der Waals surface area contributed by atoms with E-state index in [2.05, 4.69) is 68.8 Å². The standard InChI is InChI=1S/C20H26N3O/c1-15-8-9-16(2)17(11-15)14-24-19-7-6-10-22-18(12-21-20(19)22)13-23(3,4)5/h6-12H,13-14H2,1-5H3/q+1. The van der Waals surface area contributed by atoms with E-state index >= 15 is 0 Å². The summed E-state index contributed by atoms with van der Waals surface area (Å²) < 4.78 is 9.09. The highest BCUT2D eigenvalue weighted by molar-refractivity contribution is 5.54. The summed E-state index contributed by atoms with van der Waals surface area (Å²) in [6.45, 7) is 5.70. The molecule has 0 spiro atoms. The summed E-state index contributed by atoms with van der Waals surface area (Å²) in [6, 6.07) is 10.5. The fraction of sp³-hybridized carbons (Fsp3) is 0.350. The maximum atomic E-state index is 6.10. The van der Waals surface area contributed by atoms with Crippen LogP contribution in [0.3, 0.4) is 0 Å². The number of quaternary nitrogens is 1. The zero-order chi connectivity index (χ0) is 17.3. The Bertz CT molecular complexity index is 859. The molecule has 1 aromatic carbocycles. The number of imidazole rings is 1. The van der Waals surface area contributed by atoms with E-state index in [0.29, 0.717) is 6.61 Å². The first-order valence-electron chi connectivity index (χ1n) is 8.28. The first-order chi connectivity index (χ1) is 11.3. The molecule has 0 unspecified atom stereocenters. The lowest BCUT2D eigenvalue weighted by molar-refractivity contribution is -0.884. The van der Waals surface area contributed by atoms with E-state index in [1.54, 1.807) is 0 Å². The van der Waals surface area contributed by atoms with E-state index in [-0.39, 0.29) is 0 Å². The van der Waals surface area contributed by atoms with Crippen molar-refractivity contribution in [3.63, 3.8) is 0 Å². The molecule has 0 fully saturated rings. The van der Waals surface area contributed by atoms with Gasteiger partial charge in [-0.2, -0.15) is 0 Å². The maximum absolute atomic E-state index is 6.10. The van der Waals surface area contributed by atoms with Gasteiger partial charge >= 0.3 is 0 Å². The Hall–Kier alpha value is -2.33. The molecule has 2 aromatic heterocycles. The van der Waals surface area contributed by atoms with Crippen LogP contribution in [-0.4, -0.2) is 35.0 Å². The van der Waals surface area contributed by atoms with Crippen LogP contribution in [-0.2, 0) is 13.2 Å². The number of aromatic nitrogens is 2. The lowest BCUT2D eigenvalue weighted by atomic mass is 10.1. The number of hydrogen-bond donors (Lipinski definition) is 0. The van der Waals surface area contributed by atoms with Crippen LogP contribution in [0.15, 0.2) is 42.7 Å². The molecule has 0 saturated heterocycles. The number of rotatable bonds is 5. The van der Waals surface area contributed by atoms with Gasteiger partial charge in [-0.3, -0.25) is 4.40 Å². The minimum atomic E-state index is 0.560. The summed E-state index contributed by atoms with van der Waals surface area (Å²) in [6.07, 6.45) is 4.00. The zero-order valence-corrected chi connectivity index (χ0v) is 15.2. The molecule has 0 saturated carbocycles. The van der Waals surface area contributed by atoms with Crippen molar-refractivity contribution < 1.29 is 9.22 Å². The minimum Gasteiger partial charge on any atom is -0.485 e. The second-order valence-corrected chi connectivity index (χ2v) is 7.48. The molecule has 0 aliphatic carbocycles. The Kier molecular flexibility index (Phi) is 4.33. The van der Waals surface area contributed by atoms with Gasteiger partial charge in [0.15, 0.2) is 11.4 Å². The third-order valence-corrected chi connectivity index (χ3v) is 4.10. The van der Waals surface area contributed by atoms with E-state index in [1.807, 2.05) is 18.3 Å². The summed E-state index contributed by atoms with van der Waals surface area (Å²) in [7, 11) is 6.54. The molecular formula is C20H26N3O+.